The summed E-state index contributed by atoms with van der Waals surface area (Å²) in [6.07, 6.45) is 7.18. The quantitative estimate of drug-likeness (QED) is 0.691. The van der Waals surface area contributed by atoms with Gasteiger partial charge in [-0.25, -0.2) is 0 Å². The molecular weight excluding hydrogens is 226 g/mol. The van der Waals surface area contributed by atoms with Crippen LogP contribution in [0.2, 0.25) is 0 Å². The Morgan fingerprint density at radius 1 is 1.44 bits per heavy atom. The molecule has 18 heavy (non-hydrogen) atoms. The second kappa shape index (κ2) is 8.48. The maximum Gasteiger partial charge on any atom is 0.234 e. The lowest BCUT2D eigenvalue weighted by Crippen LogP contribution is -2.46. The number of hydrogen-bond donors (Lipinski definition) is 2. The van der Waals surface area contributed by atoms with Gasteiger partial charge in [0.1, 0.15) is 0 Å². The second-order valence-corrected chi connectivity index (χ2v) is 5.45. The van der Waals surface area contributed by atoms with Crippen molar-refractivity contribution in [1.82, 2.24) is 10.2 Å². The Labute approximate surface area is 111 Å². The van der Waals surface area contributed by atoms with Crippen LogP contribution in [-0.4, -0.2) is 42.5 Å². The summed E-state index contributed by atoms with van der Waals surface area (Å²) in [5, 5.41) is 3.07. The number of carbonyl (C=O) groups excluding carboxylic acids is 1. The van der Waals surface area contributed by atoms with Gasteiger partial charge in [0, 0.05) is 25.2 Å². The van der Waals surface area contributed by atoms with Crippen LogP contribution in [-0.2, 0) is 4.79 Å². The fourth-order valence-corrected chi connectivity index (χ4v) is 2.84. The van der Waals surface area contributed by atoms with Crippen LogP contribution in [0.25, 0.3) is 0 Å². The standard InChI is InChI=1S/C14H29N3O/c1-3-6-12(2)16-14(18)11-17(10-9-15)13-7-4-5-8-13/h12-13H,3-11,15H2,1-2H3,(H,16,18). The maximum absolute atomic E-state index is 12.0. The van der Waals surface area contributed by atoms with Gasteiger partial charge in [-0.05, 0) is 26.2 Å². The molecule has 0 aromatic heterocycles. The minimum Gasteiger partial charge on any atom is -0.353 e. The molecule has 3 N–H and O–H groups in total. The summed E-state index contributed by atoms with van der Waals surface area (Å²) in [6.45, 7) is 6.19. The molecule has 0 heterocycles. The Balaban J connectivity index is 2.37. The molecule has 0 radical (unpaired) electrons. The van der Waals surface area contributed by atoms with Crippen molar-refractivity contribution in [3.8, 4) is 0 Å². The fraction of sp³-hybridized carbons (Fsp3) is 0.929. The Bertz CT molecular complexity index is 239. The van der Waals surface area contributed by atoms with Crippen LogP contribution >= 0.6 is 0 Å². The lowest BCUT2D eigenvalue weighted by Gasteiger charge is -2.28. The molecular formula is C14H29N3O. The van der Waals surface area contributed by atoms with Gasteiger partial charge in [0.25, 0.3) is 0 Å². The topological polar surface area (TPSA) is 58.4 Å². The molecule has 0 aromatic carbocycles. The number of nitrogens with zero attached hydrogens (tertiary/aromatic N) is 1. The molecule has 1 atom stereocenters. The van der Waals surface area contributed by atoms with Crippen LogP contribution in [0.5, 0.6) is 0 Å². The van der Waals surface area contributed by atoms with Gasteiger partial charge in [0.2, 0.25) is 5.91 Å². The van der Waals surface area contributed by atoms with E-state index in [0.717, 1.165) is 19.4 Å². The second-order valence-electron chi connectivity index (χ2n) is 5.45. The van der Waals surface area contributed by atoms with Crippen molar-refractivity contribution in [3.63, 3.8) is 0 Å². The predicted molar refractivity (Wildman–Crippen MR) is 75.4 cm³/mol. The summed E-state index contributed by atoms with van der Waals surface area (Å²) >= 11 is 0. The summed E-state index contributed by atoms with van der Waals surface area (Å²) in [6, 6.07) is 0.853. The van der Waals surface area contributed by atoms with E-state index in [2.05, 4.69) is 24.1 Å². The van der Waals surface area contributed by atoms with Crippen LogP contribution in [0.1, 0.15) is 52.4 Å². The molecule has 1 fully saturated rings. The fourth-order valence-electron chi connectivity index (χ4n) is 2.84. The van der Waals surface area contributed by atoms with E-state index >= 15 is 0 Å². The molecule has 1 rings (SSSR count). The highest BCUT2D eigenvalue weighted by atomic mass is 16.2. The molecule has 1 aliphatic rings. The van der Waals surface area contributed by atoms with Crippen molar-refractivity contribution in [2.45, 2.75) is 64.5 Å². The van der Waals surface area contributed by atoms with Gasteiger partial charge in [-0.3, -0.25) is 9.69 Å². The average molecular weight is 255 g/mol. The van der Waals surface area contributed by atoms with E-state index in [1.807, 2.05) is 0 Å². The molecule has 4 heteroatoms. The minimum absolute atomic E-state index is 0.149. The van der Waals surface area contributed by atoms with E-state index in [0.29, 0.717) is 19.1 Å². The van der Waals surface area contributed by atoms with Crippen LogP contribution < -0.4 is 11.1 Å². The lowest BCUT2D eigenvalue weighted by molar-refractivity contribution is -0.123. The van der Waals surface area contributed by atoms with E-state index in [4.69, 9.17) is 5.73 Å². The van der Waals surface area contributed by atoms with Crippen molar-refractivity contribution in [3.05, 3.63) is 0 Å². The highest BCUT2D eigenvalue weighted by molar-refractivity contribution is 5.78. The highest BCUT2D eigenvalue weighted by Gasteiger charge is 2.23. The molecule has 1 amide bonds. The molecule has 0 spiro atoms. The molecule has 0 saturated heterocycles. The number of hydrogen-bond acceptors (Lipinski definition) is 3. The van der Waals surface area contributed by atoms with Gasteiger partial charge in [-0.15, -0.1) is 0 Å². The monoisotopic (exact) mass is 255 g/mol. The van der Waals surface area contributed by atoms with E-state index < -0.39 is 0 Å². The summed E-state index contributed by atoms with van der Waals surface area (Å²) in [5.41, 5.74) is 5.65. The number of nitrogens with one attached hydrogen (secondary N) is 1. The van der Waals surface area contributed by atoms with Crippen molar-refractivity contribution in [1.29, 1.82) is 0 Å². The third kappa shape index (κ3) is 5.36. The van der Waals surface area contributed by atoms with Gasteiger partial charge in [0.05, 0.1) is 6.54 Å². The first-order valence-corrected chi connectivity index (χ1v) is 7.40. The number of amides is 1. The summed E-state index contributed by atoms with van der Waals surface area (Å²) < 4.78 is 0. The Kier molecular flexibility index (Phi) is 7.28. The average Bonchev–Trinajstić information content (AvgIpc) is 2.81. The first-order chi connectivity index (χ1) is 8.67. The van der Waals surface area contributed by atoms with Crippen molar-refractivity contribution in [2.24, 2.45) is 5.73 Å². The maximum atomic E-state index is 12.0. The summed E-state index contributed by atoms with van der Waals surface area (Å²) in [7, 11) is 0. The van der Waals surface area contributed by atoms with Crippen LogP contribution in [0, 0.1) is 0 Å². The Hall–Kier alpha value is -0.610. The largest absolute Gasteiger partial charge is 0.353 e. The predicted octanol–water partition coefficient (Wildman–Crippen LogP) is 1.49. The first kappa shape index (κ1) is 15.4. The smallest absolute Gasteiger partial charge is 0.234 e. The molecule has 0 aromatic rings. The first-order valence-electron chi connectivity index (χ1n) is 7.40. The van der Waals surface area contributed by atoms with E-state index in [1.165, 1.54) is 25.7 Å². The molecule has 0 bridgehead atoms. The van der Waals surface area contributed by atoms with Crippen molar-refractivity contribution < 1.29 is 4.79 Å². The molecule has 4 nitrogen and oxygen atoms in total. The van der Waals surface area contributed by atoms with E-state index in [9.17, 15) is 4.79 Å². The highest BCUT2D eigenvalue weighted by Crippen LogP contribution is 2.22. The molecule has 1 aliphatic carbocycles. The summed E-state index contributed by atoms with van der Waals surface area (Å²) in [4.78, 5) is 14.2. The zero-order valence-electron chi connectivity index (χ0n) is 12.0. The molecule has 106 valence electrons. The molecule has 1 unspecified atom stereocenters. The van der Waals surface area contributed by atoms with E-state index in [1.54, 1.807) is 0 Å². The number of rotatable bonds is 8. The summed E-state index contributed by atoms with van der Waals surface area (Å²) in [5.74, 6) is 0.149. The minimum atomic E-state index is 0.149. The van der Waals surface area contributed by atoms with E-state index in [-0.39, 0.29) is 11.9 Å². The normalized spacial score (nSPS) is 18.2. The van der Waals surface area contributed by atoms with Crippen molar-refractivity contribution in [2.75, 3.05) is 19.6 Å². The third-order valence-electron chi connectivity index (χ3n) is 3.73. The zero-order valence-corrected chi connectivity index (χ0v) is 12.0. The Morgan fingerprint density at radius 3 is 2.67 bits per heavy atom. The van der Waals surface area contributed by atoms with Crippen LogP contribution in [0.3, 0.4) is 0 Å². The Morgan fingerprint density at radius 2 is 2.11 bits per heavy atom. The van der Waals surface area contributed by atoms with Crippen LogP contribution in [0.15, 0.2) is 0 Å². The molecule has 0 aliphatic heterocycles. The number of carbonyl (C=O) groups is 1. The van der Waals surface area contributed by atoms with Gasteiger partial charge >= 0.3 is 0 Å². The van der Waals surface area contributed by atoms with Gasteiger partial charge in [-0.2, -0.15) is 0 Å². The van der Waals surface area contributed by atoms with Gasteiger partial charge in [0.15, 0.2) is 0 Å². The van der Waals surface area contributed by atoms with Gasteiger partial charge in [-0.1, -0.05) is 26.2 Å². The van der Waals surface area contributed by atoms with Crippen LogP contribution in [0.4, 0.5) is 0 Å². The molecule has 1 saturated carbocycles. The zero-order chi connectivity index (χ0) is 13.4. The third-order valence-corrected chi connectivity index (χ3v) is 3.73. The lowest BCUT2D eigenvalue weighted by atomic mass is 10.2. The number of nitrogens with two attached hydrogens (primary N) is 1. The SMILES string of the molecule is CCCC(C)NC(=O)CN(CCN)C1CCCC1. The van der Waals surface area contributed by atoms with Gasteiger partial charge < -0.3 is 11.1 Å². The van der Waals surface area contributed by atoms with Crippen molar-refractivity contribution >= 4 is 5.91 Å².